The highest BCUT2D eigenvalue weighted by Crippen LogP contribution is 2.29. The van der Waals surface area contributed by atoms with Crippen LogP contribution in [-0.4, -0.2) is 56.0 Å². The average molecular weight is 547 g/mol. The summed E-state index contributed by atoms with van der Waals surface area (Å²) in [4.78, 5) is 25.4. The number of amides is 1. The van der Waals surface area contributed by atoms with Crippen molar-refractivity contribution < 1.29 is 38.1 Å². The molecule has 2 atom stereocenters. The van der Waals surface area contributed by atoms with Crippen molar-refractivity contribution >= 4 is 11.9 Å². The maximum Gasteiger partial charge on any atom is 0.274 e. The minimum absolute atomic E-state index is 0.0371. The van der Waals surface area contributed by atoms with Gasteiger partial charge in [0.1, 0.15) is 17.5 Å². The number of aliphatic hydroxyl groups is 2. The van der Waals surface area contributed by atoms with Crippen molar-refractivity contribution in [2.75, 3.05) is 7.05 Å². The van der Waals surface area contributed by atoms with Gasteiger partial charge in [-0.1, -0.05) is 19.9 Å². The van der Waals surface area contributed by atoms with Crippen molar-refractivity contribution in [3.05, 3.63) is 82.4 Å². The number of aromatic nitrogens is 2. The molecule has 3 aromatic rings. The summed E-state index contributed by atoms with van der Waals surface area (Å²) in [7, 11) is 1.40. The molecular weight excluding hydrogens is 515 g/mol. The summed E-state index contributed by atoms with van der Waals surface area (Å²) in [6.07, 6.45) is -2.90. The van der Waals surface area contributed by atoms with Crippen molar-refractivity contribution in [2.45, 2.75) is 64.2 Å². The fraction of sp³-hybridized carbons (Fsp3) is 0.393. The van der Waals surface area contributed by atoms with Crippen molar-refractivity contribution in [3.8, 4) is 5.69 Å². The van der Waals surface area contributed by atoms with Crippen molar-refractivity contribution in [3.63, 3.8) is 0 Å². The normalized spacial score (nSPS) is 12.9. The van der Waals surface area contributed by atoms with E-state index < -0.39 is 48.0 Å². The SMILES string of the molecule is CC(C)c1c(C(=O)N(C)Cc2c(F)cccc2F)nn(-c2ccc(F)cc2)c1CC[C@@H](O)C[C@@H](O)CC(=O)[O-]. The van der Waals surface area contributed by atoms with Crippen LogP contribution in [0, 0.1) is 17.5 Å². The lowest BCUT2D eigenvalue weighted by molar-refractivity contribution is -0.307. The monoisotopic (exact) mass is 546 g/mol. The minimum Gasteiger partial charge on any atom is -0.550 e. The molecule has 0 saturated carbocycles. The Morgan fingerprint density at radius 2 is 1.64 bits per heavy atom. The molecule has 0 spiro atoms. The summed E-state index contributed by atoms with van der Waals surface area (Å²) < 4.78 is 43.6. The number of aliphatic carboxylic acids is 1. The molecule has 0 radical (unpaired) electrons. The van der Waals surface area contributed by atoms with E-state index in [4.69, 9.17) is 0 Å². The Hall–Kier alpha value is -3.70. The maximum absolute atomic E-state index is 14.2. The Labute approximate surface area is 224 Å². The first kappa shape index (κ1) is 29.9. The van der Waals surface area contributed by atoms with Gasteiger partial charge in [-0.2, -0.15) is 5.10 Å². The lowest BCUT2D eigenvalue weighted by Crippen LogP contribution is -2.29. The molecule has 8 nitrogen and oxygen atoms in total. The van der Waals surface area contributed by atoms with Gasteiger partial charge >= 0.3 is 0 Å². The first-order valence-corrected chi connectivity index (χ1v) is 12.5. The number of carboxylic acids is 1. The summed E-state index contributed by atoms with van der Waals surface area (Å²) in [5.41, 5.74) is 1.29. The number of rotatable bonds is 12. The van der Waals surface area contributed by atoms with E-state index in [0.29, 0.717) is 16.9 Å². The smallest absolute Gasteiger partial charge is 0.274 e. The Bertz CT molecular complexity index is 1290. The number of aliphatic hydroxyl groups excluding tert-OH is 2. The second-order valence-electron chi connectivity index (χ2n) is 9.77. The highest BCUT2D eigenvalue weighted by molar-refractivity contribution is 5.94. The van der Waals surface area contributed by atoms with Crippen LogP contribution in [0.1, 0.15) is 66.3 Å². The molecule has 0 saturated heterocycles. The molecule has 1 heterocycles. The number of halogens is 3. The molecule has 39 heavy (non-hydrogen) atoms. The summed E-state index contributed by atoms with van der Waals surface area (Å²) in [6.45, 7) is 3.33. The molecule has 1 aromatic heterocycles. The van der Waals surface area contributed by atoms with Gasteiger partial charge in [-0.15, -0.1) is 0 Å². The first-order chi connectivity index (χ1) is 18.4. The fourth-order valence-electron chi connectivity index (χ4n) is 4.45. The molecule has 0 aliphatic carbocycles. The largest absolute Gasteiger partial charge is 0.550 e. The first-order valence-electron chi connectivity index (χ1n) is 12.5. The van der Waals surface area contributed by atoms with Gasteiger partial charge in [0.2, 0.25) is 0 Å². The third-order valence-corrected chi connectivity index (χ3v) is 6.34. The van der Waals surface area contributed by atoms with E-state index in [9.17, 15) is 38.1 Å². The Kier molecular flexibility index (Phi) is 9.87. The molecule has 1 amide bonds. The highest BCUT2D eigenvalue weighted by Gasteiger charge is 2.29. The molecule has 2 aromatic carbocycles. The van der Waals surface area contributed by atoms with Gasteiger partial charge in [0.05, 0.1) is 24.4 Å². The van der Waals surface area contributed by atoms with Gasteiger partial charge in [-0.25, -0.2) is 17.9 Å². The van der Waals surface area contributed by atoms with Crippen LogP contribution in [0.5, 0.6) is 0 Å². The van der Waals surface area contributed by atoms with Crippen LogP contribution in [0.25, 0.3) is 5.69 Å². The third-order valence-electron chi connectivity index (χ3n) is 6.34. The molecule has 0 aliphatic rings. The molecule has 0 bridgehead atoms. The molecule has 0 fully saturated rings. The molecule has 0 aliphatic heterocycles. The van der Waals surface area contributed by atoms with E-state index in [2.05, 4.69) is 5.10 Å². The van der Waals surface area contributed by atoms with Crippen LogP contribution < -0.4 is 5.11 Å². The number of hydrogen-bond acceptors (Lipinski definition) is 6. The topological polar surface area (TPSA) is 119 Å². The molecule has 11 heteroatoms. The van der Waals surface area contributed by atoms with Crippen molar-refractivity contribution in [1.82, 2.24) is 14.7 Å². The van der Waals surface area contributed by atoms with Crippen LogP contribution in [0.4, 0.5) is 13.2 Å². The fourth-order valence-corrected chi connectivity index (χ4v) is 4.45. The minimum atomic E-state index is -1.44. The second-order valence-corrected chi connectivity index (χ2v) is 9.77. The zero-order valence-corrected chi connectivity index (χ0v) is 21.9. The Morgan fingerprint density at radius 1 is 1.03 bits per heavy atom. The highest BCUT2D eigenvalue weighted by atomic mass is 19.1. The van der Waals surface area contributed by atoms with Gasteiger partial charge in [0.25, 0.3) is 5.91 Å². The number of nitrogens with zero attached hydrogens (tertiary/aromatic N) is 3. The lowest BCUT2D eigenvalue weighted by Gasteiger charge is -2.19. The van der Waals surface area contributed by atoms with E-state index in [0.717, 1.165) is 17.0 Å². The molecule has 3 rings (SSSR count). The van der Waals surface area contributed by atoms with Crippen LogP contribution in [-0.2, 0) is 17.8 Å². The Balaban J connectivity index is 1.98. The van der Waals surface area contributed by atoms with Crippen LogP contribution in [0.3, 0.4) is 0 Å². The van der Waals surface area contributed by atoms with Gasteiger partial charge in [-0.05, 0) is 61.6 Å². The van der Waals surface area contributed by atoms with E-state index in [1.807, 2.05) is 13.8 Å². The van der Waals surface area contributed by atoms with E-state index in [1.54, 1.807) is 0 Å². The predicted molar refractivity (Wildman–Crippen MR) is 134 cm³/mol. The van der Waals surface area contributed by atoms with Gasteiger partial charge < -0.3 is 25.0 Å². The summed E-state index contributed by atoms with van der Waals surface area (Å²) in [6, 6.07) is 8.85. The molecule has 210 valence electrons. The number of carboxylic acid groups (broad SMARTS) is 1. The number of carbonyl (C=O) groups is 2. The molecule has 2 N–H and O–H groups in total. The average Bonchev–Trinajstić information content (AvgIpc) is 3.24. The van der Waals surface area contributed by atoms with Gasteiger partial charge in [0.15, 0.2) is 5.69 Å². The van der Waals surface area contributed by atoms with Crippen LogP contribution in [0.2, 0.25) is 0 Å². The molecular formula is C28H31F3N3O5-. The van der Waals surface area contributed by atoms with E-state index >= 15 is 0 Å². The van der Waals surface area contributed by atoms with Gasteiger partial charge in [0, 0.05) is 36.3 Å². The van der Waals surface area contributed by atoms with Crippen LogP contribution >= 0.6 is 0 Å². The Morgan fingerprint density at radius 3 is 2.21 bits per heavy atom. The summed E-state index contributed by atoms with van der Waals surface area (Å²) in [5, 5.41) is 35.5. The number of hydrogen-bond donors (Lipinski definition) is 2. The van der Waals surface area contributed by atoms with Crippen molar-refractivity contribution in [2.24, 2.45) is 0 Å². The summed E-state index contributed by atoms with van der Waals surface area (Å²) >= 11 is 0. The quantitative estimate of drug-likeness (QED) is 0.361. The predicted octanol–water partition coefficient (Wildman–Crippen LogP) is 2.87. The van der Waals surface area contributed by atoms with Crippen LogP contribution in [0.15, 0.2) is 42.5 Å². The maximum atomic E-state index is 14.2. The lowest BCUT2D eigenvalue weighted by atomic mass is 9.95. The standard InChI is InChI=1S/C28H32F3N3O5/c1-16(2)26-24(12-11-19(35)13-20(36)14-25(37)38)34(18-9-7-17(29)8-10-18)32-27(26)28(39)33(3)15-21-22(30)5-4-6-23(21)31/h4-10,16,19-20,35-36H,11-15H2,1-3H3,(H,37,38)/p-1/t19-,20-/m1/s1. The van der Waals surface area contributed by atoms with E-state index in [1.165, 1.54) is 42.1 Å². The number of benzene rings is 2. The third kappa shape index (κ3) is 7.45. The summed E-state index contributed by atoms with van der Waals surface area (Å²) in [5.74, 6) is -4.32. The van der Waals surface area contributed by atoms with Gasteiger partial charge in [-0.3, -0.25) is 4.79 Å². The molecule has 0 unspecified atom stereocenters. The second kappa shape index (κ2) is 12.9. The zero-order valence-electron chi connectivity index (χ0n) is 21.9. The zero-order chi connectivity index (χ0) is 28.9. The van der Waals surface area contributed by atoms with E-state index in [-0.39, 0.29) is 43.0 Å². The number of carbonyl (C=O) groups excluding carboxylic acids is 2. The van der Waals surface area contributed by atoms with Crippen molar-refractivity contribution in [1.29, 1.82) is 0 Å².